The van der Waals surface area contributed by atoms with Crippen molar-refractivity contribution in [1.29, 1.82) is 0 Å². The smallest absolute Gasteiger partial charge is 0.152 e. The molecule has 1 rings (SSSR count). The number of pyridine rings is 1. The highest BCUT2D eigenvalue weighted by atomic mass is 15.2. The second kappa shape index (κ2) is 3.81. The number of hydrogen-bond acceptors (Lipinski definition) is 3. The first-order valence-corrected chi connectivity index (χ1v) is 4.03. The van der Waals surface area contributed by atoms with Crippen LogP contribution in [0.2, 0.25) is 0 Å². The van der Waals surface area contributed by atoms with Gasteiger partial charge in [0.1, 0.15) is 0 Å². The Bertz CT molecular complexity index is 339. The standard InChI is InChI=1S/C10H13N3/c1-4-7-13(3)10-9(11)6-5-8(2)12-10/h1,5-6H,7,11H2,2-3H3. The van der Waals surface area contributed by atoms with E-state index in [2.05, 4.69) is 10.9 Å². The van der Waals surface area contributed by atoms with E-state index >= 15 is 0 Å². The molecule has 0 aliphatic carbocycles. The molecule has 0 spiro atoms. The van der Waals surface area contributed by atoms with Crippen molar-refractivity contribution >= 4 is 11.5 Å². The van der Waals surface area contributed by atoms with E-state index in [4.69, 9.17) is 12.2 Å². The minimum atomic E-state index is 0.515. The Morgan fingerprint density at radius 3 is 2.92 bits per heavy atom. The Morgan fingerprint density at radius 2 is 2.31 bits per heavy atom. The van der Waals surface area contributed by atoms with Gasteiger partial charge >= 0.3 is 0 Å². The molecule has 0 saturated heterocycles. The van der Waals surface area contributed by atoms with E-state index in [-0.39, 0.29) is 0 Å². The largest absolute Gasteiger partial charge is 0.396 e. The average Bonchev–Trinajstić information content (AvgIpc) is 2.09. The third-order valence-electron chi connectivity index (χ3n) is 1.73. The zero-order valence-electron chi connectivity index (χ0n) is 7.91. The van der Waals surface area contributed by atoms with Crippen LogP contribution in [0, 0.1) is 19.3 Å². The van der Waals surface area contributed by atoms with Crippen LogP contribution < -0.4 is 10.6 Å². The molecule has 1 aromatic rings. The molecule has 13 heavy (non-hydrogen) atoms. The molecule has 0 fully saturated rings. The molecule has 0 atom stereocenters. The van der Waals surface area contributed by atoms with E-state index in [1.807, 2.05) is 31.0 Å². The maximum absolute atomic E-state index is 5.75. The Morgan fingerprint density at radius 1 is 1.62 bits per heavy atom. The van der Waals surface area contributed by atoms with Crippen molar-refractivity contribution in [1.82, 2.24) is 4.98 Å². The fourth-order valence-corrected chi connectivity index (χ4v) is 1.07. The molecule has 2 N–H and O–H groups in total. The molecule has 0 radical (unpaired) electrons. The summed E-state index contributed by atoms with van der Waals surface area (Å²) in [5.41, 5.74) is 7.34. The highest BCUT2D eigenvalue weighted by Gasteiger charge is 2.05. The van der Waals surface area contributed by atoms with Gasteiger partial charge in [-0.3, -0.25) is 0 Å². The molecule has 0 aromatic carbocycles. The lowest BCUT2D eigenvalue weighted by Gasteiger charge is -2.17. The number of nitrogens with zero attached hydrogens (tertiary/aromatic N) is 2. The third-order valence-corrected chi connectivity index (χ3v) is 1.73. The summed E-state index contributed by atoms with van der Waals surface area (Å²) in [7, 11) is 1.87. The summed E-state index contributed by atoms with van der Waals surface area (Å²) in [6.07, 6.45) is 5.19. The van der Waals surface area contributed by atoms with Crippen molar-refractivity contribution in [3.8, 4) is 12.3 Å². The number of terminal acetylenes is 1. The lowest BCUT2D eigenvalue weighted by molar-refractivity contribution is 0.996. The Kier molecular flexibility index (Phi) is 2.76. The van der Waals surface area contributed by atoms with Crippen LogP contribution in [0.3, 0.4) is 0 Å². The molecular weight excluding hydrogens is 162 g/mol. The quantitative estimate of drug-likeness (QED) is 0.683. The molecule has 3 heteroatoms. The van der Waals surface area contributed by atoms with Gasteiger partial charge in [-0.25, -0.2) is 4.98 Å². The van der Waals surface area contributed by atoms with Crippen molar-refractivity contribution in [3.63, 3.8) is 0 Å². The number of anilines is 2. The van der Waals surface area contributed by atoms with Crippen molar-refractivity contribution in [2.45, 2.75) is 6.92 Å². The third kappa shape index (κ3) is 2.12. The summed E-state index contributed by atoms with van der Waals surface area (Å²) in [5.74, 6) is 3.29. The van der Waals surface area contributed by atoms with Gasteiger partial charge in [-0.15, -0.1) is 6.42 Å². The van der Waals surface area contributed by atoms with Gasteiger partial charge in [-0.2, -0.15) is 0 Å². The zero-order valence-corrected chi connectivity index (χ0v) is 7.91. The van der Waals surface area contributed by atoms with Crippen molar-refractivity contribution < 1.29 is 0 Å². The minimum absolute atomic E-state index is 0.515. The van der Waals surface area contributed by atoms with Crippen LogP contribution >= 0.6 is 0 Å². The number of hydrogen-bond donors (Lipinski definition) is 1. The molecule has 1 heterocycles. The fraction of sp³-hybridized carbons (Fsp3) is 0.300. The first kappa shape index (κ1) is 9.40. The zero-order chi connectivity index (χ0) is 9.84. The maximum atomic E-state index is 5.75. The topological polar surface area (TPSA) is 42.2 Å². The van der Waals surface area contributed by atoms with Gasteiger partial charge in [0, 0.05) is 12.7 Å². The molecule has 0 amide bonds. The maximum Gasteiger partial charge on any atom is 0.152 e. The summed E-state index contributed by atoms with van der Waals surface area (Å²) >= 11 is 0. The second-order valence-corrected chi connectivity index (χ2v) is 2.93. The van der Waals surface area contributed by atoms with Crippen LogP contribution in [0.1, 0.15) is 5.69 Å². The Hall–Kier alpha value is -1.69. The summed E-state index contributed by atoms with van der Waals surface area (Å²) < 4.78 is 0. The molecule has 0 saturated carbocycles. The molecule has 0 bridgehead atoms. The Balaban J connectivity index is 3.00. The number of nitrogen functional groups attached to an aromatic ring is 1. The SMILES string of the molecule is C#CCN(C)c1nc(C)ccc1N. The summed E-state index contributed by atoms with van der Waals surface area (Å²) in [5, 5.41) is 0. The molecule has 0 aliphatic heterocycles. The highest BCUT2D eigenvalue weighted by molar-refractivity contribution is 5.62. The molecule has 1 aromatic heterocycles. The van der Waals surface area contributed by atoms with Crippen molar-refractivity contribution in [2.75, 3.05) is 24.2 Å². The van der Waals surface area contributed by atoms with E-state index in [1.165, 1.54) is 0 Å². The first-order valence-electron chi connectivity index (χ1n) is 4.03. The van der Waals surface area contributed by atoms with E-state index < -0.39 is 0 Å². The van der Waals surface area contributed by atoms with Crippen LogP contribution in [0.25, 0.3) is 0 Å². The van der Waals surface area contributed by atoms with Crippen molar-refractivity contribution in [2.24, 2.45) is 0 Å². The van der Waals surface area contributed by atoms with Gasteiger partial charge in [0.2, 0.25) is 0 Å². The number of rotatable bonds is 2. The molecule has 3 nitrogen and oxygen atoms in total. The van der Waals surface area contributed by atoms with Gasteiger partial charge in [-0.05, 0) is 19.1 Å². The van der Waals surface area contributed by atoms with E-state index in [9.17, 15) is 0 Å². The van der Waals surface area contributed by atoms with E-state index in [0.717, 1.165) is 11.5 Å². The van der Waals surface area contributed by atoms with Crippen LogP contribution in [-0.2, 0) is 0 Å². The number of aryl methyl sites for hydroxylation is 1. The second-order valence-electron chi connectivity index (χ2n) is 2.93. The normalized spacial score (nSPS) is 9.31. The average molecular weight is 175 g/mol. The number of nitrogens with two attached hydrogens (primary N) is 1. The lowest BCUT2D eigenvalue weighted by atomic mass is 10.3. The van der Waals surface area contributed by atoms with Crippen molar-refractivity contribution in [3.05, 3.63) is 17.8 Å². The monoisotopic (exact) mass is 175 g/mol. The molecule has 0 unspecified atom stereocenters. The van der Waals surface area contributed by atoms with Gasteiger partial charge in [-0.1, -0.05) is 5.92 Å². The van der Waals surface area contributed by atoms with Crippen LogP contribution in [0.4, 0.5) is 11.5 Å². The van der Waals surface area contributed by atoms with Gasteiger partial charge in [0.05, 0.1) is 12.2 Å². The van der Waals surface area contributed by atoms with Gasteiger partial charge in [0.25, 0.3) is 0 Å². The lowest BCUT2D eigenvalue weighted by Crippen LogP contribution is -2.20. The van der Waals surface area contributed by atoms with Crippen LogP contribution in [-0.4, -0.2) is 18.6 Å². The summed E-state index contributed by atoms with van der Waals surface area (Å²) in [6, 6.07) is 3.72. The van der Waals surface area contributed by atoms with Crippen LogP contribution in [0.15, 0.2) is 12.1 Å². The van der Waals surface area contributed by atoms with Gasteiger partial charge in [0.15, 0.2) is 5.82 Å². The van der Waals surface area contributed by atoms with E-state index in [0.29, 0.717) is 12.2 Å². The first-order chi connectivity index (χ1) is 6.15. The summed E-state index contributed by atoms with van der Waals surface area (Å²) in [4.78, 5) is 6.15. The summed E-state index contributed by atoms with van der Waals surface area (Å²) in [6.45, 7) is 2.44. The predicted molar refractivity (Wildman–Crippen MR) is 55.5 cm³/mol. The molecular formula is C10H13N3. The Labute approximate surface area is 78.6 Å². The molecule has 0 aliphatic rings. The predicted octanol–water partition coefficient (Wildman–Crippen LogP) is 1.04. The minimum Gasteiger partial charge on any atom is -0.396 e. The van der Waals surface area contributed by atoms with E-state index in [1.54, 1.807) is 0 Å². The molecule has 68 valence electrons. The number of aromatic nitrogens is 1. The highest BCUT2D eigenvalue weighted by Crippen LogP contribution is 2.18. The fourth-order valence-electron chi connectivity index (χ4n) is 1.07. The van der Waals surface area contributed by atoms with Gasteiger partial charge < -0.3 is 10.6 Å². The van der Waals surface area contributed by atoms with Crippen LogP contribution in [0.5, 0.6) is 0 Å².